The van der Waals surface area contributed by atoms with Crippen LogP contribution >= 0.6 is 0 Å². The molecule has 3 aromatic rings. The van der Waals surface area contributed by atoms with Crippen LogP contribution in [-0.2, 0) is 49.5 Å². The molecule has 1 fully saturated rings. The minimum atomic E-state index is -1.36. The molecule has 218 valence electrons. The number of nitrogens with zero attached hydrogens (tertiary/aromatic N) is 3. The highest BCUT2D eigenvalue weighted by molar-refractivity contribution is 5.82. The van der Waals surface area contributed by atoms with Crippen molar-refractivity contribution in [3.8, 4) is 5.75 Å². The van der Waals surface area contributed by atoms with Crippen LogP contribution < -0.4 is 10.4 Å². The van der Waals surface area contributed by atoms with Crippen molar-refractivity contribution in [2.75, 3.05) is 6.61 Å². The molecule has 1 saturated heterocycles. The Morgan fingerprint density at radius 2 is 1.56 bits per heavy atom. The predicted octanol–water partition coefficient (Wildman–Crippen LogP) is 1.22. The van der Waals surface area contributed by atoms with Gasteiger partial charge in [-0.25, -0.2) is 9.48 Å². The van der Waals surface area contributed by atoms with Crippen LogP contribution in [0.3, 0.4) is 0 Å². The van der Waals surface area contributed by atoms with Crippen LogP contribution in [0.25, 0.3) is 11.0 Å². The lowest BCUT2D eigenvalue weighted by Crippen LogP contribution is -2.60. The number of para-hydroxylation sites is 1. The largest absolute Gasteiger partial charge is 0.486 e. The molecule has 15 heteroatoms. The Morgan fingerprint density at radius 1 is 0.902 bits per heavy atom. The molecule has 0 radical (unpaired) electrons. The fourth-order valence-corrected chi connectivity index (χ4v) is 4.28. The Labute approximate surface area is 232 Å². The lowest BCUT2D eigenvalue weighted by molar-refractivity contribution is -0.270. The summed E-state index contributed by atoms with van der Waals surface area (Å²) in [6.07, 6.45) is -5.01. The van der Waals surface area contributed by atoms with Gasteiger partial charge in [0, 0.05) is 27.7 Å². The second kappa shape index (κ2) is 12.6. The first kappa shape index (κ1) is 29.2. The van der Waals surface area contributed by atoms with Crippen molar-refractivity contribution in [3.05, 3.63) is 52.6 Å². The second-order valence-electron chi connectivity index (χ2n) is 8.99. The molecule has 0 amide bonds. The minimum absolute atomic E-state index is 0.126. The summed E-state index contributed by atoms with van der Waals surface area (Å²) in [5.41, 5.74) is 0.0335. The van der Waals surface area contributed by atoms with Crippen molar-refractivity contribution in [3.63, 3.8) is 0 Å². The summed E-state index contributed by atoms with van der Waals surface area (Å²) in [5.74, 6) is -2.63. The molecule has 15 nitrogen and oxygen atoms in total. The van der Waals surface area contributed by atoms with Gasteiger partial charge in [0.15, 0.2) is 24.5 Å². The molecule has 5 atom stereocenters. The molecule has 1 aliphatic rings. The van der Waals surface area contributed by atoms with Gasteiger partial charge in [-0.2, -0.15) is 0 Å². The Balaban J connectivity index is 1.64. The third kappa shape index (κ3) is 7.25. The summed E-state index contributed by atoms with van der Waals surface area (Å²) in [7, 11) is 0. The van der Waals surface area contributed by atoms with Gasteiger partial charge in [0.1, 0.15) is 36.3 Å². The van der Waals surface area contributed by atoms with Gasteiger partial charge >= 0.3 is 29.5 Å². The topological polar surface area (TPSA) is 185 Å². The number of carbonyl (C=O) groups excluding carboxylic acids is 4. The maximum absolute atomic E-state index is 12.1. The molecule has 1 aromatic carbocycles. The van der Waals surface area contributed by atoms with E-state index in [1.807, 2.05) is 0 Å². The Hall–Kier alpha value is -4.79. The number of fused-ring (bicyclic) bond motifs is 1. The second-order valence-corrected chi connectivity index (χ2v) is 8.99. The zero-order valence-corrected chi connectivity index (χ0v) is 22.5. The number of hydrogen-bond acceptors (Lipinski definition) is 14. The number of esters is 4. The van der Waals surface area contributed by atoms with E-state index in [1.165, 1.54) is 23.9 Å². The molecule has 0 spiro atoms. The van der Waals surface area contributed by atoms with Gasteiger partial charge < -0.3 is 32.8 Å². The maximum atomic E-state index is 12.1. The summed E-state index contributed by atoms with van der Waals surface area (Å²) >= 11 is 0. The monoisotopic (exact) mass is 573 g/mol. The highest BCUT2D eigenvalue weighted by Crippen LogP contribution is 2.34. The fourth-order valence-electron chi connectivity index (χ4n) is 4.28. The Morgan fingerprint density at radius 3 is 2.24 bits per heavy atom. The van der Waals surface area contributed by atoms with E-state index in [0.29, 0.717) is 11.0 Å². The first-order valence-corrected chi connectivity index (χ1v) is 12.4. The lowest BCUT2D eigenvalue weighted by atomic mass is 9.97. The lowest BCUT2D eigenvalue weighted by Gasteiger charge is -2.44. The summed E-state index contributed by atoms with van der Waals surface area (Å²) < 4.78 is 39.6. The zero-order chi connectivity index (χ0) is 29.7. The fraction of sp³-hybridized carbons (Fsp3) is 0.423. The third-order valence-corrected chi connectivity index (χ3v) is 5.77. The first-order chi connectivity index (χ1) is 19.5. The van der Waals surface area contributed by atoms with E-state index in [0.717, 1.165) is 20.8 Å². The van der Waals surface area contributed by atoms with Crippen molar-refractivity contribution in [1.82, 2.24) is 15.0 Å². The molecule has 2 aromatic heterocycles. The van der Waals surface area contributed by atoms with Gasteiger partial charge in [0.05, 0.1) is 17.6 Å². The Kier molecular flexibility index (Phi) is 8.97. The summed E-state index contributed by atoms with van der Waals surface area (Å²) in [4.78, 5) is 59.4. The SMILES string of the molecule is CC(=O)OC[C@H]1O[C@@H](n2cc(COc3cc(=O)oc4ccccc34)nn2)[C@H](OC(C)=O)[C@@H](OC(C)=O)[C@@H]1OC(C)=O. The summed E-state index contributed by atoms with van der Waals surface area (Å²) in [5, 5.41) is 8.68. The van der Waals surface area contributed by atoms with Crippen LogP contribution in [0.5, 0.6) is 5.75 Å². The van der Waals surface area contributed by atoms with Gasteiger partial charge in [-0.05, 0) is 12.1 Å². The molecule has 0 N–H and O–H groups in total. The minimum Gasteiger partial charge on any atom is -0.486 e. The van der Waals surface area contributed by atoms with Crippen molar-refractivity contribution in [1.29, 1.82) is 0 Å². The standard InChI is InChI=1S/C26H27N3O12/c1-13(30)35-12-21-23(37-14(2)31)24(38-15(3)32)25(39-16(4)33)26(41-21)29-10-17(27-28-29)11-36-20-9-22(34)40-19-8-6-5-7-18(19)20/h5-10,21,23-26H,11-12H2,1-4H3/t21-,23-,24+,25-,26-/m1/s1. The quantitative estimate of drug-likeness (QED) is 0.202. The molecule has 1 aliphatic heterocycles. The molecule has 0 bridgehead atoms. The van der Waals surface area contributed by atoms with Crippen molar-refractivity contribution in [2.24, 2.45) is 0 Å². The smallest absolute Gasteiger partial charge is 0.339 e. The molecule has 0 saturated carbocycles. The van der Waals surface area contributed by atoms with E-state index < -0.39 is 60.1 Å². The van der Waals surface area contributed by atoms with Crippen LogP contribution in [0, 0.1) is 0 Å². The molecule has 4 rings (SSSR count). The zero-order valence-electron chi connectivity index (χ0n) is 22.5. The molecule has 41 heavy (non-hydrogen) atoms. The van der Waals surface area contributed by atoms with Crippen LogP contribution in [0.15, 0.2) is 45.7 Å². The number of aromatic nitrogens is 3. The van der Waals surface area contributed by atoms with Crippen molar-refractivity contribution in [2.45, 2.75) is 64.9 Å². The van der Waals surface area contributed by atoms with Gasteiger partial charge in [-0.15, -0.1) is 5.10 Å². The van der Waals surface area contributed by atoms with E-state index in [-0.39, 0.29) is 24.7 Å². The molecule has 0 aliphatic carbocycles. The van der Waals surface area contributed by atoms with Crippen molar-refractivity contribution < 1.29 is 52.0 Å². The number of ether oxygens (including phenoxy) is 6. The highest BCUT2D eigenvalue weighted by Gasteiger charge is 2.53. The highest BCUT2D eigenvalue weighted by atomic mass is 16.7. The van der Waals surface area contributed by atoms with Crippen LogP contribution in [0.2, 0.25) is 0 Å². The third-order valence-electron chi connectivity index (χ3n) is 5.77. The van der Waals surface area contributed by atoms with Gasteiger partial charge in [-0.3, -0.25) is 19.2 Å². The van der Waals surface area contributed by atoms with Crippen LogP contribution in [0.1, 0.15) is 39.6 Å². The number of rotatable bonds is 9. The normalized spacial score (nSPS) is 22.0. The van der Waals surface area contributed by atoms with Crippen LogP contribution in [0.4, 0.5) is 0 Å². The predicted molar refractivity (Wildman–Crippen MR) is 134 cm³/mol. The maximum Gasteiger partial charge on any atom is 0.339 e. The molecular formula is C26H27N3O12. The summed E-state index contributed by atoms with van der Waals surface area (Å²) in [6.45, 7) is 4.05. The van der Waals surface area contributed by atoms with Crippen LogP contribution in [-0.4, -0.2) is 69.9 Å². The molecular weight excluding hydrogens is 546 g/mol. The number of hydrogen-bond donors (Lipinski definition) is 0. The van der Waals surface area contributed by atoms with E-state index in [9.17, 15) is 24.0 Å². The van der Waals surface area contributed by atoms with E-state index in [2.05, 4.69) is 10.3 Å². The van der Waals surface area contributed by atoms with Gasteiger partial charge in [-0.1, -0.05) is 17.3 Å². The average Bonchev–Trinajstić information content (AvgIpc) is 3.36. The van der Waals surface area contributed by atoms with Gasteiger partial charge in [0.2, 0.25) is 0 Å². The molecule has 3 heterocycles. The Bertz CT molecular complexity index is 1500. The first-order valence-electron chi connectivity index (χ1n) is 12.4. The van der Waals surface area contributed by atoms with Crippen molar-refractivity contribution >= 4 is 34.8 Å². The average molecular weight is 574 g/mol. The number of benzene rings is 1. The van der Waals surface area contributed by atoms with E-state index in [1.54, 1.807) is 24.3 Å². The van der Waals surface area contributed by atoms with E-state index in [4.69, 9.17) is 32.8 Å². The van der Waals surface area contributed by atoms with E-state index >= 15 is 0 Å². The summed E-state index contributed by atoms with van der Waals surface area (Å²) in [6, 6.07) is 8.03. The molecule has 0 unspecified atom stereocenters. The number of carbonyl (C=O) groups is 4. The van der Waals surface area contributed by atoms with Gasteiger partial charge in [0.25, 0.3) is 0 Å².